The van der Waals surface area contributed by atoms with Crippen LogP contribution in [0.5, 0.6) is 0 Å². The van der Waals surface area contributed by atoms with E-state index in [1.54, 1.807) is 0 Å². The summed E-state index contributed by atoms with van der Waals surface area (Å²) in [4.78, 5) is 26.8. The quantitative estimate of drug-likeness (QED) is 0.357. The summed E-state index contributed by atoms with van der Waals surface area (Å²) in [5, 5.41) is 9.96. The zero-order chi connectivity index (χ0) is 13.4. The number of aromatic nitrogens is 1. The standard InChI is InChI=1S/C15H13NO3.Li.H/c17-8-12-14(18)6-9(7-15(12)19)10-2-1-3-13-11(10)4-5-16-13;;/h1-5,8-9,16-17H,6-7H2;;. The number of fused-ring (bicyclic) bond motifs is 1. The van der Waals surface area contributed by atoms with Gasteiger partial charge in [0.2, 0.25) is 0 Å². The Morgan fingerprint density at radius 3 is 2.50 bits per heavy atom. The Kier molecular flexibility index (Phi) is 4.17. The molecule has 3 rings (SSSR count). The number of aliphatic hydroxyl groups excluding tert-OH is 1. The Morgan fingerprint density at radius 2 is 1.85 bits per heavy atom. The normalized spacial score (nSPS) is 19.0. The second-order valence-corrected chi connectivity index (χ2v) is 4.78. The van der Waals surface area contributed by atoms with E-state index in [9.17, 15) is 9.59 Å². The van der Waals surface area contributed by atoms with E-state index in [4.69, 9.17) is 5.11 Å². The Morgan fingerprint density at radius 1 is 1.15 bits per heavy atom. The molecule has 0 aliphatic heterocycles. The molecular formula is C15H14LiNO3. The van der Waals surface area contributed by atoms with Crippen molar-refractivity contribution in [3.8, 4) is 0 Å². The van der Waals surface area contributed by atoms with E-state index < -0.39 is 0 Å². The molecule has 20 heavy (non-hydrogen) atoms. The van der Waals surface area contributed by atoms with Crippen molar-refractivity contribution in [2.75, 3.05) is 0 Å². The van der Waals surface area contributed by atoms with E-state index in [1.165, 1.54) is 0 Å². The van der Waals surface area contributed by atoms with Gasteiger partial charge in [-0.3, -0.25) is 9.59 Å². The van der Waals surface area contributed by atoms with E-state index in [0.717, 1.165) is 16.5 Å². The van der Waals surface area contributed by atoms with Crippen LogP contribution in [0.25, 0.3) is 10.9 Å². The average molecular weight is 263 g/mol. The summed E-state index contributed by atoms with van der Waals surface area (Å²) < 4.78 is 0. The first-order valence-corrected chi connectivity index (χ1v) is 6.17. The van der Waals surface area contributed by atoms with Crippen LogP contribution in [-0.2, 0) is 9.59 Å². The summed E-state index contributed by atoms with van der Waals surface area (Å²) in [7, 11) is 0. The third-order valence-corrected chi connectivity index (χ3v) is 3.66. The number of aliphatic hydroxyl groups is 1. The first-order chi connectivity index (χ1) is 9.20. The zero-order valence-corrected chi connectivity index (χ0v) is 10.2. The van der Waals surface area contributed by atoms with Crippen LogP contribution in [0.2, 0.25) is 0 Å². The molecule has 1 saturated carbocycles. The minimum atomic E-state index is -0.281. The van der Waals surface area contributed by atoms with Gasteiger partial charge in [0.1, 0.15) is 0 Å². The molecule has 4 nitrogen and oxygen atoms in total. The molecule has 5 heteroatoms. The number of carbonyl (C=O) groups is 2. The van der Waals surface area contributed by atoms with Crippen LogP contribution in [0.1, 0.15) is 24.3 Å². The number of hydrogen-bond donors (Lipinski definition) is 2. The molecule has 0 amide bonds. The summed E-state index contributed by atoms with van der Waals surface area (Å²) in [6.07, 6.45) is 3.02. The topological polar surface area (TPSA) is 70.2 Å². The zero-order valence-electron chi connectivity index (χ0n) is 10.2. The predicted octanol–water partition coefficient (Wildman–Crippen LogP) is 1.98. The Labute approximate surface area is 128 Å². The molecule has 0 saturated heterocycles. The van der Waals surface area contributed by atoms with Gasteiger partial charge in [-0.2, -0.15) is 0 Å². The van der Waals surface area contributed by atoms with Gasteiger partial charge in [-0.1, -0.05) is 12.1 Å². The van der Waals surface area contributed by atoms with Crippen molar-refractivity contribution >= 4 is 41.3 Å². The Balaban J connectivity index is 0.00000147. The minimum absolute atomic E-state index is 0. The molecule has 2 aromatic rings. The van der Waals surface area contributed by atoms with E-state index in [2.05, 4.69) is 4.98 Å². The third kappa shape index (κ3) is 2.33. The van der Waals surface area contributed by atoms with Gasteiger partial charge in [-0.05, 0) is 23.6 Å². The molecule has 0 bridgehead atoms. The van der Waals surface area contributed by atoms with Crippen LogP contribution in [0.15, 0.2) is 42.3 Å². The molecule has 98 valence electrons. The van der Waals surface area contributed by atoms with E-state index in [-0.39, 0.29) is 54.8 Å². The van der Waals surface area contributed by atoms with Crippen molar-refractivity contribution in [1.29, 1.82) is 0 Å². The van der Waals surface area contributed by atoms with Gasteiger partial charge < -0.3 is 10.1 Å². The summed E-state index contributed by atoms with van der Waals surface area (Å²) >= 11 is 0. The van der Waals surface area contributed by atoms with Crippen molar-refractivity contribution in [1.82, 2.24) is 4.98 Å². The van der Waals surface area contributed by atoms with Crippen LogP contribution in [0.4, 0.5) is 0 Å². The fourth-order valence-corrected chi connectivity index (χ4v) is 2.72. The molecular weight excluding hydrogens is 249 g/mol. The number of aromatic amines is 1. The van der Waals surface area contributed by atoms with Gasteiger partial charge in [0.05, 0.1) is 11.8 Å². The number of carbonyl (C=O) groups excluding carboxylic acids is 2. The van der Waals surface area contributed by atoms with E-state index in [0.29, 0.717) is 6.26 Å². The van der Waals surface area contributed by atoms with E-state index in [1.807, 2.05) is 30.5 Å². The number of H-pyrrole nitrogens is 1. The molecule has 1 aromatic heterocycles. The summed E-state index contributed by atoms with van der Waals surface area (Å²) in [5.74, 6) is -0.671. The average Bonchev–Trinajstić information content (AvgIpc) is 2.86. The number of hydrogen-bond acceptors (Lipinski definition) is 3. The second-order valence-electron chi connectivity index (χ2n) is 4.78. The van der Waals surface area contributed by atoms with Gasteiger partial charge >= 0.3 is 18.9 Å². The molecule has 2 N–H and O–H groups in total. The number of rotatable bonds is 1. The molecule has 0 unspecified atom stereocenters. The van der Waals surface area contributed by atoms with Crippen molar-refractivity contribution in [3.05, 3.63) is 47.9 Å². The van der Waals surface area contributed by atoms with Crippen molar-refractivity contribution in [2.45, 2.75) is 18.8 Å². The fraction of sp³-hybridized carbons (Fsp3) is 0.200. The van der Waals surface area contributed by atoms with Gasteiger partial charge in [0.15, 0.2) is 11.6 Å². The predicted molar refractivity (Wildman–Crippen MR) is 78.1 cm³/mol. The molecule has 1 aromatic carbocycles. The van der Waals surface area contributed by atoms with Gasteiger partial charge in [0, 0.05) is 29.9 Å². The van der Waals surface area contributed by atoms with Crippen molar-refractivity contribution < 1.29 is 14.7 Å². The van der Waals surface area contributed by atoms with Crippen molar-refractivity contribution in [2.24, 2.45) is 0 Å². The molecule has 1 heterocycles. The summed E-state index contributed by atoms with van der Waals surface area (Å²) in [6.45, 7) is 0. The van der Waals surface area contributed by atoms with E-state index >= 15 is 0 Å². The molecule has 0 atom stereocenters. The molecule has 0 spiro atoms. The van der Waals surface area contributed by atoms with Crippen LogP contribution < -0.4 is 0 Å². The first-order valence-electron chi connectivity index (χ1n) is 6.17. The number of Topliss-reactive ketones (excluding diaryl/α,β-unsaturated/α-hetero) is 2. The summed E-state index contributed by atoms with van der Waals surface area (Å²) in [6, 6.07) is 7.79. The second kappa shape index (κ2) is 5.70. The number of benzene rings is 1. The fourth-order valence-electron chi connectivity index (χ4n) is 2.72. The first kappa shape index (κ1) is 14.6. The molecule has 1 aliphatic carbocycles. The van der Waals surface area contributed by atoms with Crippen LogP contribution >= 0.6 is 0 Å². The number of nitrogens with one attached hydrogen (secondary N) is 1. The van der Waals surface area contributed by atoms with Gasteiger partial charge in [-0.25, -0.2) is 0 Å². The van der Waals surface area contributed by atoms with Crippen LogP contribution in [0, 0.1) is 0 Å². The Hall–Kier alpha value is -1.76. The molecule has 0 radical (unpaired) electrons. The van der Waals surface area contributed by atoms with Gasteiger partial charge in [-0.15, -0.1) is 0 Å². The van der Waals surface area contributed by atoms with Crippen molar-refractivity contribution in [3.63, 3.8) is 0 Å². The number of allylic oxidation sites excluding steroid dienone is 1. The maximum absolute atomic E-state index is 11.8. The Bertz CT molecular complexity index is 682. The summed E-state index contributed by atoms with van der Waals surface area (Å²) in [5.41, 5.74) is 1.94. The van der Waals surface area contributed by atoms with Gasteiger partial charge in [0.25, 0.3) is 0 Å². The maximum atomic E-state index is 11.8. The number of ketones is 2. The van der Waals surface area contributed by atoms with Crippen LogP contribution in [-0.4, -0.2) is 40.5 Å². The molecule has 1 aliphatic rings. The monoisotopic (exact) mass is 263 g/mol. The molecule has 1 fully saturated rings. The van der Waals surface area contributed by atoms with Crippen LogP contribution in [0.3, 0.4) is 0 Å². The SMILES string of the molecule is O=C1CC(c2cccc3[nH]ccc23)CC(=O)C1=CO.[LiH]. The third-order valence-electron chi connectivity index (χ3n) is 3.66.